The van der Waals surface area contributed by atoms with Crippen LogP contribution in [0.15, 0.2) is 59.1 Å². The third-order valence-corrected chi connectivity index (χ3v) is 4.41. The van der Waals surface area contributed by atoms with Crippen LogP contribution in [0, 0.1) is 28.5 Å². The molecule has 0 amide bonds. The SMILES string of the molecule is N#Cc1c(-c2ccc(Br)cc2)cc(-c2cccc(F)c2)c(C#N)c1N. The topological polar surface area (TPSA) is 73.6 Å². The van der Waals surface area contributed by atoms with Crippen LogP contribution in [0.1, 0.15) is 11.1 Å². The van der Waals surface area contributed by atoms with Crippen molar-refractivity contribution in [2.24, 2.45) is 0 Å². The standard InChI is InChI=1S/C20H11BrFN3/c21-14-6-4-12(5-7-14)16-9-17(13-2-1-3-15(22)8-13)19(11-24)20(25)18(16)10-23/h1-9H,25H2. The minimum Gasteiger partial charge on any atom is -0.397 e. The van der Waals surface area contributed by atoms with Gasteiger partial charge in [-0.05, 0) is 41.5 Å². The van der Waals surface area contributed by atoms with E-state index in [-0.39, 0.29) is 16.8 Å². The number of halogens is 2. The number of rotatable bonds is 2. The summed E-state index contributed by atoms with van der Waals surface area (Å²) in [7, 11) is 0. The van der Waals surface area contributed by atoms with E-state index in [1.165, 1.54) is 12.1 Å². The maximum Gasteiger partial charge on any atom is 0.123 e. The van der Waals surface area contributed by atoms with Crippen LogP contribution in [0.5, 0.6) is 0 Å². The molecule has 2 N–H and O–H groups in total. The minimum atomic E-state index is -0.408. The lowest BCUT2D eigenvalue weighted by atomic mass is 9.89. The lowest BCUT2D eigenvalue weighted by Gasteiger charge is -2.14. The Bertz CT molecular complexity index is 1040. The number of hydrogen-bond donors (Lipinski definition) is 1. The first kappa shape index (κ1) is 16.7. The molecular weight excluding hydrogens is 381 g/mol. The van der Waals surface area contributed by atoms with Gasteiger partial charge < -0.3 is 5.73 Å². The Morgan fingerprint density at radius 3 is 2.00 bits per heavy atom. The van der Waals surface area contributed by atoms with Crippen LogP contribution in [0.3, 0.4) is 0 Å². The molecule has 3 aromatic carbocycles. The number of nitrogens with two attached hydrogens (primary N) is 1. The van der Waals surface area contributed by atoms with Crippen molar-refractivity contribution in [3.8, 4) is 34.4 Å². The second-order valence-corrected chi connectivity index (χ2v) is 6.29. The summed E-state index contributed by atoms with van der Waals surface area (Å²) in [5, 5.41) is 19.0. The molecule has 3 nitrogen and oxygen atoms in total. The zero-order valence-electron chi connectivity index (χ0n) is 12.9. The Labute approximate surface area is 152 Å². The Morgan fingerprint density at radius 1 is 0.840 bits per heavy atom. The van der Waals surface area contributed by atoms with Crippen molar-refractivity contribution >= 4 is 21.6 Å². The Morgan fingerprint density at radius 2 is 1.44 bits per heavy atom. The van der Waals surface area contributed by atoms with Crippen molar-refractivity contribution < 1.29 is 4.39 Å². The summed E-state index contributed by atoms with van der Waals surface area (Å²) >= 11 is 3.38. The Balaban J connectivity index is 2.35. The monoisotopic (exact) mass is 391 g/mol. The quantitative estimate of drug-likeness (QED) is 0.606. The van der Waals surface area contributed by atoms with Crippen LogP contribution < -0.4 is 5.73 Å². The van der Waals surface area contributed by atoms with Gasteiger partial charge in [0, 0.05) is 15.6 Å². The van der Waals surface area contributed by atoms with Gasteiger partial charge in [0.25, 0.3) is 0 Å². The molecule has 3 aromatic rings. The van der Waals surface area contributed by atoms with Gasteiger partial charge in [0.2, 0.25) is 0 Å². The number of anilines is 1. The highest BCUT2D eigenvalue weighted by Gasteiger charge is 2.18. The van der Waals surface area contributed by atoms with Gasteiger partial charge in [0.15, 0.2) is 0 Å². The van der Waals surface area contributed by atoms with E-state index in [9.17, 15) is 14.9 Å². The first-order valence-electron chi connectivity index (χ1n) is 7.33. The molecular formula is C20H11BrFN3. The number of nitriles is 2. The number of hydrogen-bond acceptors (Lipinski definition) is 3. The molecule has 0 saturated heterocycles. The van der Waals surface area contributed by atoms with Gasteiger partial charge in [0.05, 0.1) is 16.8 Å². The first-order valence-corrected chi connectivity index (χ1v) is 8.13. The van der Waals surface area contributed by atoms with E-state index < -0.39 is 5.82 Å². The molecule has 0 aliphatic carbocycles. The lowest BCUT2D eigenvalue weighted by molar-refractivity contribution is 0.628. The molecule has 25 heavy (non-hydrogen) atoms. The molecule has 0 saturated carbocycles. The van der Waals surface area contributed by atoms with Gasteiger partial charge in [-0.1, -0.05) is 40.2 Å². The summed E-state index contributed by atoms with van der Waals surface area (Å²) in [6, 6.07) is 19.2. The normalized spacial score (nSPS) is 10.1. The second-order valence-electron chi connectivity index (χ2n) is 5.38. The second kappa shape index (κ2) is 6.76. The third-order valence-electron chi connectivity index (χ3n) is 3.88. The van der Waals surface area contributed by atoms with Crippen molar-refractivity contribution in [2.45, 2.75) is 0 Å². The number of benzene rings is 3. The maximum atomic E-state index is 13.6. The highest BCUT2D eigenvalue weighted by molar-refractivity contribution is 9.10. The predicted octanol–water partition coefficient (Wildman–Crippen LogP) is 5.25. The van der Waals surface area contributed by atoms with Crippen LogP contribution >= 0.6 is 15.9 Å². The maximum absolute atomic E-state index is 13.6. The van der Waals surface area contributed by atoms with Crippen LogP contribution in [0.25, 0.3) is 22.3 Å². The van der Waals surface area contributed by atoms with E-state index >= 15 is 0 Å². The predicted molar refractivity (Wildman–Crippen MR) is 98.8 cm³/mol. The molecule has 0 unspecified atom stereocenters. The molecule has 3 rings (SSSR count). The smallest absolute Gasteiger partial charge is 0.123 e. The van der Waals surface area contributed by atoms with Crippen LogP contribution in [-0.2, 0) is 0 Å². The van der Waals surface area contributed by atoms with Gasteiger partial charge in [0.1, 0.15) is 18.0 Å². The minimum absolute atomic E-state index is 0.102. The molecule has 120 valence electrons. The molecule has 0 spiro atoms. The summed E-state index contributed by atoms with van der Waals surface area (Å²) in [6.45, 7) is 0. The molecule has 0 aliphatic heterocycles. The number of nitrogens with zero attached hydrogens (tertiary/aromatic N) is 2. The fraction of sp³-hybridized carbons (Fsp3) is 0. The van der Waals surface area contributed by atoms with E-state index in [4.69, 9.17) is 5.73 Å². The van der Waals surface area contributed by atoms with Gasteiger partial charge in [-0.3, -0.25) is 0 Å². The van der Waals surface area contributed by atoms with Crippen LogP contribution in [-0.4, -0.2) is 0 Å². The van der Waals surface area contributed by atoms with E-state index in [1.807, 2.05) is 30.3 Å². The fourth-order valence-corrected chi connectivity index (χ4v) is 2.95. The Hall–Kier alpha value is -3.15. The van der Waals surface area contributed by atoms with Crippen molar-refractivity contribution in [3.05, 3.63) is 76.0 Å². The molecule has 0 fully saturated rings. The molecule has 0 radical (unpaired) electrons. The molecule has 5 heteroatoms. The summed E-state index contributed by atoms with van der Waals surface area (Å²) in [5.41, 5.74) is 9.03. The van der Waals surface area contributed by atoms with Crippen LogP contribution in [0.2, 0.25) is 0 Å². The van der Waals surface area contributed by atoms with Gasteiger partial charge in [-0.15, -0.1) is 0 Å². The Kier molecular flexibility index (Phi) is 4.52. The molecule has 0 bridgehead atoms. The van der Waals surface area contributed by atoms with Crippen molar-refractivity contribution in [1.29, 1.82) is 10.5 Å². The summed E-state index contributed by atoms with van der Waals surface area (Å²) < 4.78 is 14.5. The number of nitrogen functional groups attached to an aromatic ring is 1. The van der Waals surface area contributed by atoms with E-state index in [1.54, 1.807) is 18.2 Å². The lowest BCUT2D eigenvalue weighted by Crippen LogP contribution is -2.00. The zero-order chi connectivity index (χ0) is 18.0. The average molecular weight is 392 g/mol. The van der Waals surface area contributed by atoms with E-state index in [0.29, 0.717) is 16.7 Å². The van der Waals surface area contributed by atoms with Crippen LogP contribution in [0.4, 0.5) is 10.1 Å². The summed E-state index contributed by atoms with van der Waals surface area (Å²) in [4.78, 5) is 0. The largest absolute Gasteiger partial charge is 0.397 e. The highest BCUT2D eigenvalue weighted by Crippen LogP contribution is 2.37. The van der Waals surface area contributed by atoms with Gasteiger partial charge in [-0.25, -0.2) is 4.39 Å². The van der Waals surface area contributed by atoms with Gasteiger partial charge >= 0.3 is 0 Å². The molecule has 0 atom stereocenters. The molecule has 0 aromatic heterocycles. The average Bonchev–Trinajstić information content (AvgIpc) is 2.61. The molecule has 0 heterocycles. The first-order chi connectivity index (χ1) is 12.0. The van der Waals surface area contributed by atoms with Crippen molar-refractivity contribution in [3.63, 3.8) is 0 Å². The van der Waals surface area contributed by atoms with E-state index in [0.717, 1.165) is 10.0 Å². The third kappa shape index (κ3) is 3.10. The highest BCUT2D eigenvalue weighted by atomic mass is 79.9. The zero-order valence-corrected chi connectivity index (χ0v) is 14.5. The summed E-state index contributed by atoms with van der Waals surface area (Å²) in [6.07, 6.45) is 0. The van der Waals surface area contributed by atoms with E-state index in [2.05, 4.69) is 22.0 Å². The fourth-order valence-electron chi connectivity index (χ4n) is 2.69. The molecule has 0 aliphatic rings. The van der Waals surface area contributed by atoms with Crippen molar-refractivity contribution in [2.75, 3.05) is 5.73 Å². The van der Waals surface area contributed by atoms with Gasteiger partial charge in [-0.2, -0.15) is 10.5 Å². The van der Waals surface area contributed by atoms with Crippen molar-refractivity contribution in [1.82, 2.24) is 0 Å². The summed E-state index contributed by atoms with van der Waals surface area (Å²) in [5.74, 6) is -0.408.